The van der Waals surface area contributed by atoms with Crippen LogP contribution in [0.25, 0.3) is 0 Å². The number of carbonyl (C=O) groups is 2. The summed E-state index contributed by atoms with van der Waals surface area (Å²) in [6, 6.07) is 13.3. The zero-order chi connectivity index (χ0) is 20.0. The number of ether oxygens (including phenoxy) is 1. The van der Waals surface area contributed by atoms with Gasteiger partial charge in [-0.1, -0.05) is 25.1 Å². The third kappa shape index (κ3) is 5.04. The second-order valence-electron chi connectivity index (χ2n) is 6.09. The molecule has 0 spiro atoms. The van der Waals surface area contributed by atoms with Crippen LogP contribution in [0.15, 0.2) is 48.5 Å². The van der Waals surface area contributed by atoms with Crippen molar-refractivity contribution in [1.82, 2.24) is 4.90 Å². The van der Waals surface area contributed by atoms with Crippen molar-refractivity contribution in [3.63, 3.8) is 0 Å². The third-order valence-electron chi connectivity index (χ3n) is 3.99. The molecule has 2 aromatic carbocycles. The normalized spacial score (nSPS) is 11.4. The van der Waals surface area contributed by atoms with Gasteiger partial charge in [0.15, 0.2) is 0 Å². The summed E-state index contributed by atoms with van der Waals surface area (Å²) in [5, 5.41) is 14.4. The number of rotatable bonds is 7. The molecule has 1 amide bonds. The minimum absolute atomic E-state index is 0.142. The number of esters is 1. The van der Waals surface area contributed by atoms with Gasteiger partial charge in [-0.2, -0.15) is 0 Å². The number of nitro groups is 1. The average molecular weight is 371 g/mol. The van der Waals surface area contributed by atoms with Crippen LogP contribution in [0.2, 0.25) is 0 Å². The molecule has 0 saturated carbocycles. The molecule has 8 heteroatoms. The van der Waals surface area contributed by atoms with Gasteiger partial charge in [0.1, 0.15) is 5.69 Å². The van der Waals surface area contributed by atoms with Crippen molar-refractivity contribution in [2.24, 2.45) is 5.92 Å². The molecular formula is C19H21N3O5. The Morgan fingerprint density at radius 3 is 2.48 bits per heavy atom. The number of para-hydroxylation sites is 1. The van der Waals surface area contributed by atoms with Gasteiger partial charge >= 0.3 is 5.97 Å². The molecule has 1 atom stereocenters. The minimum Gasteiger partial charge on any atom is -0.469 e. The molecule has 0 aliphatic heterocycles. The fourth-order valence-electron chi connectivity index (χ4n) is 2.59. The van der Waals surface area contributed by atoms with Gasteiger partial charge in [0.2, 0.25) is 0 Å². The number of anilines is 2. The first-order chi connectivity index (χ1) is 12.8. The van der Waals surface area contributed by atoms with E-state index in [4.69, 9.17) is 0 Å². The largest absolute Gasteiger partial charge is 0.469 e. The van der Waals surface area contributed by atoms with Gasteiger partial charge in [0, 0.05) is 30.9 Å². The molecule has 142 valence electrons. The summed E-state index contributed by atoms with van der Waals surface area (Å²) < 4.78 is 4.65. The first kappa shape index (κ1) is 19.9. The zero-order valence-corrected chi connectivity index (χ0v) is 15.3. The van der Waals surface area contributed by atoms with E-state index in [-0.39, 0.29) is 23.5 Å². The van der Waals surface area contributed by atoms with E-state index in [1.165, 1.54) is 37.3 Å². The second kappa shape index (κ2) is 8.79. The van der Waals surface area contributed by atoms with E-state index >= 15 is 0 Å². The first-order valence-corrected chi connectivity index (χ1v) is 8.27. The summed E-state index contributed by atoms with van der Waals surface area (Å²) in [7, 11) is 2.81. The lowest BCUT2D eigenvalue weighted by molar-refractivity contribution is -0.383. The lowest BCUT2D eigenvalue weighted by Gasteiger charge is -2.20. The van der Waals surface area contributed by atoms with Crippen molar-refractivity contribution in [2.45, 2.75) is 6.92 Å². The maximum Gasteiger partial charge on any atom is 0.310 e. The number of amides is 1. The lowest BCUT2D eigenvalue weighted by atomic mass is 10.1. The van der Waals surface area contributed by atoms with Crippen LogP contribution in [0.1, 0.15) is 17.3 Å². The smallest absolute Gasteiger partial charge is 0.310 e. The molecule has 0 bridgehead atoms. The van der Waals surface area contributed by atoms with Crippen molar-refractivity contribution in [1.29, 1.82) is 0 Å². The van der Waals surface area contributed by atoms with E-state index in [2.05, 4.69) is 10.1 Å². The summed E-state index contributed by atoms with van der Waals surface area (Å²) in [4.78, 5) is 36.3. The lowest BCUT2D eigenvalue weighted by Crippen LogP contribution is -2.34. The van der Waals surface area contributed by atoms with Crippen LogP contribution >= 0.6 is 0 Å². The van der Waals surface area contributed by atoms with Crippen molar-refractivity contribution in [3.8, 4) is 0 Å². The number of hydrogen-bond donors (Lipinski definition) is 1. The van der Waals surface area contributed by atoms with Crippen molar-refractivity contribution < 1.29 is 19.2 Å². The second-order valence-corrected chi connectivity index (χ2v) is 6.09. The first-order valence-electron chi connectivity index (χ1n) is 8.27. The minimum atomic E-state index is -0.543. The summed E-state index contributed by atoms with van der Waals surface area (Å²) >= 11 is 0. The molecule has 0 radical (unpaired) electrons. The fraction of sp³-hybridized carbons (Fsp3) is 0.263. The molecule has 2 aromatic rings. The highest BCUT2D eigenvalue weighted by atomic mass is 16.6. The molecule has 0 heterocycles. The predicted molar refractivity (Wildman–Crippen MR) is 101 cm³/mol. The van der Waals surface area contributed by atoms with Gasteiger partial charge in [-0.25, -0.2) is 0 Å². The van der Waals surface area contributed by atoms with Gasteiger partial charge < -0.3 is 15.0 Å². The molecule has 2 rings (SSSR count). The van der Waals surface area contributed by atoms with Crippen molar-refractivity contribution in [3.05, 3.63) is 64.2 Å². The Bertz CT molecular complexity index is 838. The number of nitrogens with zero attached hydrogens (tertiary/aromatic N) is 2. The van der Waals surface area contributed by atoms with Crippen LogP contribution in [0, 0.1) is 16.0 Å². The Kier molecular flexibility index (Phi) is 6.48. The fourth-order valence-corrected chi connectivity index (χ4v) is 2.59. The number of nitro benzene ring substituents is 1. The molecule has 1 unspecified atom stereocenters. The summed E-state index contributed by atoms with van der Waals surface area (Å²) in [6.07, 6.45) is 0. The molecular weight excluding hydrogens is 350 g/mol. The summed E-state index contributed by atoms with van der Waals surface area (Å²) in [6.45, 7) is 1.79. The van der Waals surface area contributed by atoms with Crippen LogP contribution in [0.5, 0.6) is 0 Å². The SMILES string of the molecule is COC(=O)C(C)CN(C)C(=O)c1ccc(Nc2ccccc2)c([N+](=O)[O-])c1. The average Bonchev–Trinajstić information content (AvgIpc) is 2.67. The molecule has 0 aromatic heterocycles. The van der Waals surface area contributed by atoms with Crippen molar-refractivity contribution in [2.75, 3.05) is 26.0 Å². The topological polar surface area (TPSA) is 102 Å². The maximum atomic E-state index is 12.6. The number of hydrogen-bond acceptors (Lipinski definition) is 6. The summed E-state index contributed by atoms with van der Waals surface area (Å²) in [5.41, 5.74) is 0.941. The molecule has 0 saturated heterocycles. The number of methoxy groups -OCH3 is 1. The highest BCUT2D eigenvalue weighted by Gasteiger charge is 2.22. The Morgan fingerprint density at radius 2 is 1.89 bits per heavy atom. The van der Waals surface area contributed by atoms with Gasteiger partial charge in [-0.15, -0.1) is 0 Å². The molecule has 27 heavy (non-hydrogen) atoms. The van der Waals surface area contributed by atoms with E-state index < -0.39 is 22.7 Å². The van der Waals surface area contributed by atoms with E-state index in [9.17, 15) is 19.7 Å². The summed E-state index contributed by atoms with van der Waals surface area (Å²) in [5.74, 6) is -1.35. The Balaban J connectivity index is 2.22. The van der Waals surface area contributed by atoms with Crippen molar-refractivity contribution >= 4 is 28.9 Å². The highest BCUT2D eigenvalue weighted by molar-refractivity contribution is 5.96. The zero-order valence-electron chi connectivity index (χ0n) is 15.3. The Labute approximate surface area is 156 Å². The Morgan fingerprint density at radius 1 is 1.22 bits per heavy atom. The van der Waals surface area contributed by atoms with Crippen LogP contribution in [-0.2, 0) is 9.53 Å². The standard InChI is InChI=1S/C19H21N3O5/c1-13(19(24)27-3)12-21(2)18(23)14-9-10-16(17(11-14)22(25)26)20-15-7-5-4-6-8-15/h4-11,13,20H,12H2,1-3H3. The third-order valence-corrected chi connectivity index (χ3v) is 3.99. The monoisotopic (exact) mass is 371 g/mol. The molecule has 8 nitrogen and oxygen atoms in total. The molecule has 0 fully saturated rings. The van der Waals surface area contributed by atoms with Crippen LogP contribution in [0.3, 0.4) is 0 Å². The predicted octanol–water partition coefficient (Wildman–Crippen LogP) is 3.22. The molecule has 0 aliphatic carbocycles. The number of carbonyl (C=O) groups excluding carboxylic acids is 2. The van der Waals surface area contributed by atoms with E-state index in [1.54, 1.807) is 19.1 Å². The van der Waals surface area contributed by atoms with E-state index in [0.29, 0.717) is 5.69 Å². The van der Waals surface area contributed by atoms with Gasteiger partial charge in [0.05, 0.1) is 18.0 Å². The Hall–Kier alpha value is -3.42. The number of benzene rings is 2. The van der Waals surface area contributed by atoms with Gasteiger partial charge in [-0.3, -0.25) is 19.7 Å². The van der Waals surface area contributed by atoms with Gasteiger partial charge in [0.25, 0.3) is 11.6 Å². The van der Waals surface area contributed by atoms with E-state index in [0.717, 1.165) is 0 Å². The quantitative estimate of drug-likeness (QED) is 0.455. The number of nitrogens with one attached hydrogen (secondary N) is 1. The van der Waals surface area contributed by atoms with Crippen LogP contribution < -0.4 is 5.32 Å². The van der Waals surface area contributed by atoms with Crippen LogP contribution in [0.4, 0.5) is 17.1 Å². The maximum absolute atomic E-state index is 12.6. The molecule has 0 aliphatic rings. The van der Waals surface area contributed by atoms with Gasteiger partial charge in [-0.05, 0) is 24.3 Å². The molecule has 1 N–H and O–H groups in total. The van der Waals surface area contributed by atoms with Crippen LogP contribution in [-0.4, -0.2) is 42.4 Å². The van der Waals surface area contributed by atoms with E-state index in [1.807, 2.05) is 18.2 Å². The highest BCUT2D eigenvalue weighted by Crippen LogP contribution is 2.29.